The lowest BCUT2D eigenvalue weighted by Gasteiger charge is -2.18. The summed E-state index contributed by atoms with van der Waals surface area (Å²) in [4.78, 5) is 25.6. The molecule has 0 aliphatic heterocycles. The highest BCUT2D eigenvalue weighted by Crippen LogP contribution is 2.26. The first-order valence-electron chi connectivity index (χ1n) is 8.67. The second-order valence-corrected chi connectivity index (χ2v) is 7.31. The number of rotatable bonds is 8. The van der Waals surface area contributed by atoms with Gasteiger partial charge in [-0.2, -0.15) is 0 Å². The molecule has 1 atom stereocenters. The number of thiazole rings is 1. The van der Waals surface area contributed by atoms with Gasteiger partial charge in [-0.15, -0.1) is 11.3 Å². The van der Waals surface area contributed by atoms with E-state index in [0.717, 1.165) is 23.0 Å². The van der Waals surface area contributed by atoms with Crippen LogP contribution in [0, 0.1) is 12.7 Å². The van der Waals surface area contributed by atoms with E-state index in [1.807, 2.05) is 6.92 Å². The van der Waals surface area contributed by atoms with Gasteiger partial charge >= 0.3 is 0 Å². The van der Waals surface area contributed by atoms with Gasteiger partial charge < -0.3 is 15.2 Å². The minimum Gasteiger partial charge on any atom is -0.394 e. The maximum Gasteiger partial charge on any atom is 0.252 e. The third kappa shape index (κ3) is 5.33. The molecule has 10 heteroatoms. The molecule has 0 aliphatic carbocycles. The Morgan fingerprint density at radius 3 is 2.76 bits per heavy atom. The van der Waals surface area contributed by atoms with Crippen LogP contribution < -0.4 is 5.32 Å². The normalized spacial score (nSPS) is 12.0. The largest absolute Gasteiger partial charge is 0.394 e. The van der Waals surface area contributed by atoms with Crippen molar-refractivity contribution in [3.63, 3.8) is 0 Å². The molecule has 3 rings (SSSR count). The minimum absolute atomic E-state index is 0.131. The van der Waals surface area contributed by atoms with Gasteiger partial charge in [-0.25, -0.2) is 19.3 Å². The summed E-state index contributed by atoms with van der Waals surface area (Å²) in [5.41, 5.74) is 3.27. The van der Waals surface area contributed by atoms with Gasteiger partial charge in [0.05, 0.1) is 52.3 Å². The first-order chi connectivity index (χ1) is 14.0. The lowest BCUT2D eigenvalue weighted by molar-refractivity contribution is 0.0292. The molecule has 1 aromatic carbocycles. The number of aryl methyl sites for hydroxylation is 1. The van der Waals surface area contributed by atoms with Gasteiger partial charge in [0, 0.05) is 12.1 Å². The summed E-state index contributed by atoms with van der Waals surface area (Å²) in [7, 11) is 0. The van der Waals surface area contributed by atoms with Crippen LogP contribution in [-0.2, 0) is 4.74 Å². The topological polar surface area (TPSA) is 97.2 Å². The van der Waals surface area contributed by atoms with Crippen LogP contribution >= 0.6 is 22.9 Å². The van der Waals surface area contributed by atoms with Crippen molar-refractivity contribution in [1.29, 1.82) is 0 Å². The number of nitrogens with zero attached hydrogens (tertiary/aromatic N) is 3. The zero-order valence-electron chi connectivity index (χ0n) is 15.4. The summed E-state index contributed by atoms with van der Waals surface area (Å²) in [5.74, 6) is -0.673. The quantitative estimate of drug-likeness (QED) is 0.563. The summed E-state index contributed by atoms with van der Waals surface area (Å²) >= 11 is 7.61. The van der Waals surface area contributed by atoms with E-state index in [-0.39, 0.29) is 36.2 Å². The Labute approximate surface area is 175 Å². The molecule has 0 saturated heterocycles. The highest BCUT2D eigenvalue weighted by atomic mass is 35.5. The van der Waals surface area contributed by atoms with Crippen molar-refractivity contribution in [2.75, 3.05) is 19.8 Å². The van der Waals surface area contributed by atoms with Gasteiger partial charge in [0.2, 0.25) is 0 Å². The van der Waals surface area contributed by atoms with E-state index < -0.39 is 17.8 Å². The first kappa shape index (κ1) is 21.3. The summed E-state index contributed by atoms with van der Waals surface area (Å²) in [6, 6.07) is 4.76. The highest BCUT2D eigenvalue weighted by Gasteiger charge is 2.20. The lowest BCUT2D eigenvalue weighted by Crippen LogP contribution is -2.30. The predicted molar refractivity (Wildman–Crippen MR) is 107 cm³/mol. The molecule has 7 nitrogen and oxygen atoms in total. The molecular weight excluding hydrogens is 419 g/mol. The number of halogens is 2. The van der Waals surface area contributed by atoms with Gasteiger partial charge in [-0.3, -0.25) is 4.79 Å². The van der Waals surface area contributed by atoms with E-state index in [9.17, 15) is 9.18 Å². The standard InChI is InChI=1S/C19H18ClFN4O3S/c1-11-17(29-10-25-11)16(28-5-4-26)9-24-19(27)14-6-12(2-3-15(14)20)18-22-7-13(21)8-23-18/h2-3,6-8,10,16,26H,4-5,9H2,1H3,(H,24,27). The average Bonchev–Trinajstić information content (AvgIpc) is 3.15. The molecule has 0 aliphatic rings. The van der Waals surface area contributed by atoms with E-state index in [1.165, 1.54) is 11.3 Å². The number of nitrogens with one attached hydrogen (secondary N) is 1. The van der Waals surface area contributed by atoms with Crippen LogP contribution in [0.15, 0.2) is 36.1 Å². The van der Waals surface area contributed by atoms with Crippen molar-refractivity contribution in [2.24, 2.45) is 0 Å². The second-order valence-electron chi connectivity index (χ2n) is 6.01. The Bertz CT molecular complexity index is 984. The average molecular weight is 437 g/mol. The number of benzene rings is 1. The third-order valence-electron chi connectivity index (χ3n) is 4.02. The Kier molecular flexibility index (Phi) is 7.21. The summed E-state index contributed by atoms with van der Waals surface area (Å²) in [5, 5.41) is 12.1. The predicted octanol–water partition coefficient (Wildman–Crippen LogP) is 3.18. The molecule has 1 unspecified atom stereocenters. The Balaban J connectivity index is 1.76. The molecule has 2 aromatic heterocycles. The number of ether oxygens (including phenoxy) is 1. The van der Waals surface area contributed by atoms with Crippen molar-refractivity contribution in [3.05, 3.63) is 63.1 Å². The van der Waals surface area contributed by atoms with E-state index in [1.54, 1.807) is 23.7 Å². The Hall–Kier alpha value is -2.46. The fraction of sp³-hybridized carbons (Fsp3) is 0.263. The Morgan fingerprint density at radius 1 is 1.34 bits per heavy atom. The molecule has 3 aromatic rings. The molecule has 29 heavy (non-hydrogen) atoms. The summed E-state index contributed by atoms with van der Waals surface area (Å²) in [6.45, 7) is 2.03. The smallest absolute Gasteiger partial charge is 0.252 e. The maximum absolute atomic E-state index is 13.0. The van der Waals surface area contributed by atoms with Crippen LogP contribution in [0.25, 0.3) is 11.4 Å². The molecule has 0 fully saturated rings. The summed E-state index contributed by atoms with van der Waals surface area (Å²) in [6.07, 6.45) is 1.66. The van der Waals surface area contributed by atoms with Crippen LogP contribution in [0.3, 0.4) is 0 Å². The zero-order chi connectivity index (χ0) is 20.8. The number of hydrogen-bond acceptors (Lipinski definition) is 7. The van der Waals surface area contributed by atoms with Crippen molar-refractivity contribution in [2.45, 2.75) is 13.0 Å². The zero-order valence-corrected chi connectivity index (χ0v) is 17.0. The van der Waals surface area contributed by atoms with E-state index in [0.29, 0.717) is 5.56 Å². The van der Waals surface area contributed by atoms with Crippen LogP contribution in [-0.4, -0.2) is 45.7 Å². The molecule has 152 valence electrons. The van der Waals surface area contributed by atoms with Crippen molar-refractivity contribution < 1.29 is 19.0 Å². The molecule has 0 spiro atoms. The number of amides is 1. The SMILES string of the molecule is Cc1ncsc1C(CNC(=O)c1cc(-c2ncc(F)cn2)ccc1Cl)OCCO. The maximum atomic E-state index is 13.0. The van der Waals surface area contributed by atoms with Gasteiger partial charge in [0.25, 0.3) is 5.91 Å². The van der Waals surface area contributed by atoms with Gasteiger partial charge in [0.1, 0.15) is 6.10 Å². The first-order valence-corrected chi connectivity index (χ1v) is 9.93. The van der Waals surface area contributed by atoms with Crippen molar-refractivity contribution in [3.8, 4) is 11.4 Å². The van der Waals surface area contributed by atoms with Crippen LogP contribution in [0.5, 0.6) is 0 Å². The van der Waals surface area contributed by atoms with E-state index in [2.05, 4.69) is 20.3 Å². The fourth-order valence-corrected chi connectivity index (χ4v) is 3.68. The summed E-state index contributed by atoms with van der Waals surface area (Å²) < 4.78 is 18.7. The highest BCUT2D eigenvalue weighted by molar-refractivity contribution is 7.09. The van der Waals surface area contributed by atoms with E-state index in [4.69, 9.17) is 21.4 Å². The second kappa shape index (κ2) is 9.84. The fourth-order valence-electron chi connectivity index (χ4n) is 2.62. The monoisotopic (exact) mass is 436 g/mol. The van der Waals surface area contributed by atoms with Gasteiger partial charge in [-0.05, 0) is 25.1 Å². The van der Waals surface area contributed by atoms with Gasteiger partial charge in [-0.1, -0.05) is 11.6 Å². The van der Waals surface area contributed by atoms with Crippen molar-refractivity contribution >= 4 is 28.8 Å². The Morgan fingerprint density at radius 2 is 2.10 bits per heavy atom. The number of carbonyl (C=O) groups excluding carboxylic acids is 1. The van der Waals surface area contributed by atoms with Crippen molar-refractivity contribution in [1.82, 2.24) is 20.3 Å². The lowest BCUT2D eigenvalue weighted by atomic mass is 10.1. The van der Waals surface area contributed by atoms with Gasteiger partial charge in [0.15, 0.2) is 11.6 Å². The van der Waals surface area contributed by atoms with E-state index >= 15 is 0 Å². The number of carbonyl (C=O) groups is 1. The van der Waals surface area contributed by atoms with Crippen LogP contribution in [0.1, 0.15) is 27.0 Å². The number of hydrogen-bond donors (Lipinski definition) is 2. The molecule has 0 radical (unpaired) electrons. The van der Waals surface area contributed by atoms with Crippen LogP contribution in [0.2, 0.25) is 5.02 Å². The molecular formula is C19H18ClFN4O3S. The van der Waals surface area contributed by atoms with Crippen LogP contribution in [0.4, 0.5) is 4.39 Å². The minimum atomic E-state index is -0.548. The molecule has 2 heterocycles. The molecule has 0 bridgehead atoms. The molecule has 1 amide bonds. The number of aliphatic hydroxyl groups is 1. The number of aromatic nitrogens is 3. The molecule has 0 saturated carbocycles. The third-order valence-corrected chi connectivity index (χ3v) is 5.38. The molecule has 2 N–H and O–H groups in total. The number of aliphatic hydroxyl groups excluding tert-OH is 1.